The monoisotopic (exact) mass is 251 g/mol. The van der Waals surface area contributed by atoms with Gasteiger partial charge in [-0.2, -0.15) is 5.48 Å². The number of fused-ring (bicyclic) bond motifs is 1. The predicted molar refractivity (Wildman–Crippen MR) is 69.6 cm³/mol. The summed E-state index contributed by atoms with van der Waals surface area (Å²) in [6.07, 6.45) is 2.04. The average Bonchev–Trinajstić information content (AvgIpc) is 2.58. The van der Waals surface area contributed by atoms with Gasteiger partial charge in [0.2, 0.25) is 0 Å². The number of aryl methyl sites for hydroxylation is 1. The first-order valence-electron chi connectivity index (χ1n) is 6.41. The lowest BCUT2D eigenvalue weighted by Crippen LogP contribution is -2.23. The molecule has 0 fully saturated rings. The molecule has 0 amide bonds. The van der Waals surface area contributed by atoms with E-state index in [0.717, 1.165) is 25.2 Å². The fourth-order valence-electron chi connectivity index (χ4n) is 2.17. The molecular weight excluding hydrogens is 230 g/mol. The molecule has 1 aliphatic heterocycles. The van der Waals surface area contributed by atoms with Crippen LogP contribution >= 0.6 is 0 Å². The number of ether oxygens (including phenoxy) is 2. The Morgan fingerprint density at radius 1 is 1.39 bits per heavy atom. The number of hydrogen-bond donors (Lipinski definition) is 1. The number of rotatable bonds is 5. The molecule has 4 heteroatoms. The maximum atomic E-state index is 5.82. The van der Waals surface area contributed by atoms with E-state index >= 15 is 0 Å². The van der Waals surface area contributed by atoms with Gasteiger partial charge >= 0.3 is 0 Å². The highest BCUT2D eigenvalue weighted by Crippen LogP contribution is 2.33. The summed E-state index contributed by atoms with van der Waals surface area (Å²) in [5.74, 6) is 1.00. The van der Waals surface area contributed by atoms with Gasteiger partial charge in [-0.1, -0.05) is 18.2 Å². The highest BCUT2D eigenvalue weighted by atomic mass is 16.7. The Morgan fingerprint density at radius 2 is 2.28 bits per heavy atom. The Hall–Kier alpha value is -1.10. The lowest BCUT2D eigenvalue weighted by molar-refractivity contribution is -0.0138. The van der Waals surface area contributed by atoms with E-state index in [1.807, 2.05) is 0 Å². The van der Waals surface area contributed by atoms with Crippen molar-refractivity contribution in [1.29, 1.82) is 0 Å². The second-order valence-corrected chi connectivity index (χ2v) is 4.50. The maximum absolute atomic E-state index is 5.82. The van der Waals surface area contributed by atoms with Crippen molar-refractivity contribution in [3.8, 4) is 5.75 Å². The lowest BCUT2D eigenvalue weighted by Gasteiger charge is -2.18. The van der Waals surface area contributed by atoms with Gasteiger partial charge in [-0.15, -0.1) is 0 Å². The summed E-state index contributed by atoms with van der Waals surface area (Å²) in [5.41, 5.74) is 5.48. The summed E-state index contributed by atoms with van der Waals surface area (Å²) in [4.78, 5) is 5.44. The van der Waals surface area contributed by atoms with Gasteiger partial charge < -0.3 is 9.47 Å². The summed E-state index contributed by atoms with van der Waals surface area (Å²) in [6.45, 7) is 3.99. The van der Waals surface area contributed by atoms with Crippen LogP contribution in [0.25, 0.3) is 0 Å². The predicted octanol–water partition coefficient (Wildman–Crippen LogP) is 2.38. The average molecular weight is 251 g/mol. The molecule has 1 aromatic rings. The van der Waals surface area contributed by atoms with E-state index in [2.05, 4.69) is 30.6 Å². The van der Waals surface area contributed by atoms with Gasteiger partial charge in [-0.05, 0) is 25.3 Å². The Morgan fingerprint density at radius 3 is 3.11 bits per heavy atom. The molecule has 0 saturated carbocycles. The third-order valence-electron chi connectivity index (χ3n) is 3.12. The van der Waals surface area contributed by atoms with Gasteiger partial charge in [0.05, 0.1) is 25.9 Å². The van der Waals surface area contributed by atoms with Crippen molar-refractivity contribution in [2.75, 3.05) is 26.9 Å². The molecule has 1 unspecified atom stereocenters. The van der Waals surface area contributed by atoms with E-state index in [4.69, 9.17) is 14.3 Å². The fraction of sp³-hybridized carbons (Fsp3) is 0.571. The van der Waals surface area contributed by atoms with Crippen LogP contribution in [0.3, 0.4) is 0 Å². The first kappa shape index (κ1) is 13.3. The van der Waals surface area contributed by atoms with Crippen LogP contribution in [-0.4, -0.2) is 26.9 Å². The highest BCUT2D eigenvalue weighted by molar-refractivity contribution is 5.43. The minimum atomic E-state index is 0.194. The van der Waals surface area contributed by atoms with Crippen molar-refractivity contribution >= 4 is 0 Å². The standard InChI is InChI=1S/C14H21NO3/c1-11-5-3-6-12-13(15-18-10-9-16-2)7-4-8-17-14(11)12/h3,5-6,13,15H,4,7-10H2,1-2H3. The highest BCUT2D eigenvalue weighted by Gasteiger charge is 2.20. The topological polar surface area (TPSA) is 39.7 Å². The third kappa shape index (κ3) is 3.22. The van der Waals surface area contributed by atoms with Gasteiger partial charge in [0.15, 0.2) is 0 Å². The number of para-hydroxylation sites is 1. The number of benzene rings is 1. The van der Waals surface area contributed by atoms with Crippen molar-refractivity contribution in [2.45, 2.75) is 25.8 Å². The second kappa shape index (κ2) is 6.73. The molecule has 0 bridgehead atoms. The van der Waals surface area contributed by atoms with Gasteiger partial charge in [-0.25, -0.2) is 0 Å². The zero-order valence-electron chi connectivity index (χ0n) is 11.1. The maximum Gasteiger partial charge on any atom is 0.127 e. The zero-order valence-corrected chi connectivity index (χ0v) is 11.1. The molecule has 0 aromatic heterocycles. The first-order chi connectivity index (χ1) is 8.83. The van der Waals surface area contributed by atoms with Crippen LogP contribution in [0.1, 0.15) is 30.0 Å². The van der Waals surface area contributed by atoms with Gasteiger partial charge in [0, 0.05) is 12.7 Å². The van der Waals surface area contributed by atoms with Crippen molar-refractivity contribution in [1.82, 2.24) is 5.48 Å². The van der Waals surface area contributed by atoms with Crippen LogP contribution in [0.15, 0.2) is 18.2 Å². The lowest BCUT2D eigenvalue weighted by atomic mass is 10.0. The minimum absolute atomic E-state index is 0.194. The molecule has 1 N–H and O–H groups in total. The van der Waals surface area contributed by atoms with E-state index in [-0.39, 0.29) is 6.04 Å². The molecular formula is C14H21NO3. The summed E-state index contributed by atoms with van der Waals surface area (Å²) in [7, 11) is 1.67. The number of hydroxylamine groups is 1. The molecule has 100 valence electrons. The molecule has 0 aliphatic carbocycles. The Labute approximate surface area is 108 Å². The molecule has 1 aromatic carbocycles. The summed E-state index contributed by atoms with van der Waals surface area (Å²) in [6, 6.07) is 6.43. The van der Waals surface area contributed by atoms with E-state index < -0.39 is 0 Å². The number of nitrogens with one attached hydrogen (secondary N) is 1. The molecule has 0 spiro atoms. The van der Waals surface area contributed by atoms with E-state index in [1.165, 1.54) is 11.1 Å². The Bertz CT molecular complexity index is 381. The van der Waals surface area contributed by atoms with Crippen LogP contribution in [0.2, 0.25) is 0 Å². The molecule has 1 aliphatic rings. The first-order valence-corrected chi connectivity index (χ1v) is 6.41. The van der Waals surface area contributed by atoms with Crippen LogP contribution in [0.4, 0.5) is 0 Å². The molecule has 18 heavy (non-hydrogen) atoms. The number of hydrogen-bond acceptors (Lipinski definition) is 4. The summed E-state index contributed by atoms with van der Waals surface area (Å²) in [5, 5.41) is 0. The summed E-state index contributed by atoms with van der Waals surface area (Å²) < 4.78 is 10.8. The molecule has 0 saturated heterocycles. The van der Waals surface area contributed by atoms with Gasteiger partial charge in [-0.3, -0.25) is 4.84 Å². The van der Waals surface area contributed by atoms with Crippen molar-refractivity contribution in [2.24, 2.45) is 0 Å². The van der Waals surface area contributed by atoms with E-state index in [0.29, 0.717) is 13.2 Å². The summed E-state index contributed by atoms with van der Waals surface area (Å²) >= 11 is 0. The zero-order chi connectivity index (χ0) is 12.8. The normalized spacial score (nSPS) is 18.9. The van der Waals surface area contributed by atoms with Gasteiger partial charge in [0.1, 0.15) is 5.75 Å². The SMILES string of the molecule is COCCONC1CCCOc2c(C)cccc21. The van der Waals surface area contributed by atoms with E-state index in [1.54, 1.807) is 7.11 Å². The number of methoxy groups -OCH3 is 1. The van der Waals surface area contributed by atoms with Crippen LogP contribution in [0, 0.1) is 6.92 Å². The minimum Gasteiger partial charge on any atom is -0.493 e. The van der Waals surface area contributed by atoms with Crippen molar-refractivity contribution < 1.29 is 14.3 Å². The van der Waals surface area contributed by atoms with Crippen LogP contribution in [-0.2, 0) is 9.57 Å². The Kier molecular flexibility index (Phi) is 4.99. The van der Waals surface area contributed by atoms with Crippen LogP contribution in [0.5, 0.6) is 5.75 Å². The fourth-order valence-corrected chi connectivity index (χ4v) is 2.17. The molecule has 2 rings (SSSR count). The van der Waals surface area contributed by atoms with E-state index in [9.17, 15) is 0 Å². The molecule has 1 atom stereocenters. The van der Waals surface area contributed by atoms with Crippen molar-refractivity contribution in [3.63, 3.8) is 0 Å². The van der Waals surface area contributed by atoms with Crippen molar-refractivity contribution in [3.05, 3.63) is 29.3 Å². The molecule has 1 heterocycles. The Balaban J connectivity index is 2.05. The second-order valence-electron chi connectivity index (χ2n) is 4.50. The van der Waals surface area contributed by atoms with Crippen LogP contribution < -0.4 is 10.2 Å². The molecule has 0 radical (unpaired) electrons. The quantitative estimate of drug-likeness (QED) is 0.644. The smallest absolute Gasteiger partial charge is 0.127 e. The van der Waals surface area contributed by atoms with Gasteiger partial charge in [0.25, 0.3) is 0 Å². The largest absolute Gasteiger partial charge is 0.493 e. The molecule has 4 nitrogen and oxygen atoms in total. The third-order valence-corrected chi connectivity index (χ3v) is 3.12.